The third-order valence-electron chi connectivity index (χ3n) is 6.26. The molecule has 4 rings (SSSR count). The molecule has 1 aromatic heterocycles. The number of alkyl halides is 1. The number of likely N-dealkylation sites (tertiary alicyclic amines) is 1. The molecule has 7 nitrogen and oxygen atoms in total. The van der Waals surface area contributed by atoms with Crippen LogP contribution in [0.3, 0.4) is 0 Å². The Bertz CT molecular complexity index is 1090. The molecule has 8 heteroatoms. The predicted molar refractivity (Wildman–Crippen MR) is 127 cm³/mol. The summed E-state index contributed by atoms with van der Waals surface area (Å²) in [4.78, 5) is 27.6. The molecule has 1 fully saturated rings. The summed E-state index contributed by atoms with van der Waals surface area (Å²) in [5.74, 6) is -0.222. The third kappa shape index (κ3) is 5.50. The Balaban J connectivity index is 1.52. The quantitative estimate of drug-likeness (QED) is 0.553. The van der Waals surface area contributed by atoms with Gasteiger partial charge in [0.05, 0.1) is 25.3 Å². The highest BCUT2D eigenvalue weighted by Crippen LogP contribution is 2.27. The molecule has 3 aromatic rings. The molecule has 178 valence electrons. The van der Waals surface area contributed by atoms with E-state index in [9.17, 15) is 14.0 Å². The zero-order valence-corrected chi connectivity index (χ0v) is 19.5. The number of nitrogens with one attached hydrogen (secondary N) is 1. The number of carbonyl (C=O) groups is 2. The van der Waals surface area contributed by atoms with E-state index < -0.39 is 18.3 Å². The second-order valence-electron chi connectivity index (χ2n) is 8.98. The molecule has 2 amide bonds. The van der Waals surface area contributed by atoms with E-state index in [0.717, 1.165) is 11.1 Å². The molecule has 0 bridgehead atoms. The van der Waals surface area contributed by atoms with Gasteiger partial charge in [-0.15, -0.1) is 5.10 Å². The van der Waals surface area contributed by atoms with Crippen LogP contribution in [0.25, 0.3) is 0 Å². The van der Waals surface area contributed by atoms with Crippen LogP contribution in [0.4, 0.5) is 4.39 Å². The highest BCUT2D eigenvalue weighted by atomic mass is 19.1. The fourth-order valence-electron chi connectivity index (χ4n) is 4.33. The van der Waals surface area contributed by atoms with Crippen LogP contribution in [0.1, 0.15) is 55.3 Å². The number of carbonyl (C=O) groups excluding carboxylic acids is 2. The van der Waals surface area contributed by atoms with Crippen LogP contribution in [0.5, 0.6) is 0 Å². The van der Waals surface area contributed by atoms with Crippen LogP contribution in [0, 0.1) is 0 Å². The number of aryl methyl sites for hydroxylation is 1. The number of halogens is 1. The van der Waals surface area contributed by atoms with E-state index in [1.165, 1.54) is 16.7 Å². The van der Waals surface area contributed by atoms with Gasteiger partial charge in [-0.05, 0) is 22.6 Å². The lowest BCUT2D eigenvalue weighted by Crippen LogP contribution is -2.47. The van der Waals surface area contributed by atoms with Gasteiger partial charge in [-0.1, -0.05) is 73.7 Å². The molecule has 3 atom stereocenters. The molecule has 2 aromatic carbocycles. The summed E-state index contributed by atoms with van der Waals surface area (Å²) >= 11 is 0. The Hall–Kier alpha value is -3.55. The van der Waals surface area contributed by atoms with Crippen LogP contribution >= 0.6 is 0 Å². The minimum absolute atomic E-state index is 0.00526. The van der Waals surface area contributed by atoms with E-state index >= 15 is 0 Å². The second kappa shape index (κ2) is 10.6. The summed E-state index contributed by atoms with van der Waals surface area (Å²) < 4.78 is 15.9. The summed E-state index contributed by atoms with van der Waals surface area (Å²) in [6, 6.07) is 16.6. The monoisotopic (exact) mass is 463 g/mol. The van der Waals surface area contributed by atoms with Gasteiger partial charge in [-0.2, -0.15) is 0 Å². The molecular weight excluding hydrogens is 433 g/mol. The van der Waals surface area contributed by atoms with Crippen molar-refractivity contribution in [1.82, 2.24) is 25.2 Å². The van der Waals surface area contributed by atoms with Crippen molar-refractivity contribution >= 4 is 11.8 Å². The maximum Gasteiger partial charge on any atom is 0.243 e. The van der Waals surface area contributed by atoms with E-state index in [4.69, 9.17) is 0 Å². The summed E-state index contributed by atoms with van der Waals surface area (Å²) in [6.07, 6.45) is 2.08. The van der Waals surface area contributed by atoms with Crippen LogP contribution in [-0.2, 0) is 16.1 Å². The SMILES string of the molecule is CC(C)c1ccc([C@@H](NC(=O)[C@@H]2C[C@@H](F)CN2C(=O)CCn2ccnn2)c2ccccc2)cc1. The number of rotatable bonds is 8. The third-order valence-corrected chi connectivity index (χ3v) is 6.26. The van der Waals surface area contributed by atoms with Crippen molar-refractivity contribution in [2.24, 2.45) is 0 Å². The first-order valence-electron chi connectivity index (χ1n) is 11.6. The summed E-state index contributed by atoms with van der Waals surface area (Å²) in [6.45, 7) is 4.52. The van der Waals surface area contributed by atoms with E-state index in [-0.39, 0.29) is 31.2 Å². The Morgan fingerprint density at radius 2 is 1.74 bits per heavy atom. The average Bonchev–Trinajstić information content (AvgIpc) is 3.51. The van der Waals surface area contributed by atoms with Crippen molar-refractivity contribution < 1.29 is 14.0 Å². The van der Waals surface area contributed by atoms with Crippen LogP contribution < -0.4 is 5.32 Å². The number of hydrogen-bond acceptors (Lipinski definition) is 4. The van der Waals surface area contributed by atoms with Gasteiger partial charge in [-0.25, -0.2) is 4.39 Å². The number of hydrogen-bond donors (Lipinski definition) is 1. The average molecular weight is 464 g/mol. The van der Waals surface area contributed by atoms with Gasteiger partial charge in [0, 0.05) is 19.0 Å². The molecule has 0 spiro atoms. The van der Waals surface area contributed by atoms with E-state index in [1.54, 1.807) is 10.9 Å². The molecule has 0 radical (unpaired) electrons. The number of aromatic nitrogens is 3. The van der Waals surface area contributed by atoms with E-state index in [0.29, 0.717) is 12.5 Å². The Morgan fingerprint density at radius 1 is 1.06 bits per heavy atom. The molecule has 34 heavy (non-hydrogen) atoms. The predicted octanol–water partition coefficient (Wildman–Crippen LogP) is 3.64. The van der Waals surface area contributed by atoms with Crippen molar-refractivity contribution in [2.75, 3.05) is 6.54 Å². The van der Waals surface area contributed by atoms with Gasteiger partial charge in [0.2, 0.25) is 11.8 Å². The summed E-state index contributed by atoms with van der Waals surface area (Å²) in [7, 11) is 0. The number of benzene rings is 2. The molecule has 1 saturated heterocycles. The largest absolute Gasteiger partial charge is 0.343 e. The second-order valence-corrected chi connectivity index (χ2v) is 8.98. The van der Waals surface area contributed by atoms with Crippen LogP contribution in [-0.4, -0.2) is 50.5 Å². The van der Waals surface area contributed by atoms with Crippen molar-refractivity contribution in [3.05, 3.63) is 83.7 Å². The number of nitrogens with zero attached hydrogens (tertiary/aromatic N) is 4. The topological polar surface area (TPSA) is 80.1 Å². The lowest BCUT2D eigenvalue weighted by molar-refractivity contribution is -0.138. The van der Waals surface area contributed by atoms with Crippen molar-refractivity contribution in [2.45, 2.75) is 57.4 Å². The molecule has 1 aliphatic heterocycles. The highest BCUT2D eigenvalue weighted by molar-refractivity contribution is 5.89. The summed E-state index contributed by atoms with van der Waals surface area (Å²) in [5, 5.41) is 10.7. The number of amides is 2. The van der Waals surface area contributed by atoms with E-state index in [1.807, 2.05) is 42.5 Å². The molecular formula is C26H30FN5O2. The first-order valence-corrected chi connectivity index (χ1v) is 11.6. The Labute approximate surface area is 199 Å². The fourth-order valence-corrected chi connectivity index (χ4v) is 4.33. The molecule has 0 aliphatic carbocycles. The normalized spacial score (nSPS) is 18.8. The molecule has 0 unspecified atom stereocenters. The van der Waals surface area contributed by atoms with Crippen molar-refractivity contribution in [1.29, 1.82) is 0 Å². The molecule has 1 N–H and O–H groups in total. The summed E-state index contributed by atoms with van der Waals surface area (Å²) in [5.41, 5.74) is 3.07. The maximum absolute atomic E-state index is 14.4. The van der Waals surface area contributed by atoms with Crippen LogP contribution in [0.2, 0.25) is 0 Å². The minimum Gasteiger partial charge on any atom is -0.343 e. The van der Waals surface area contributed by atoms with Gasteiger partial charge < -0.3 is 10.2 Å². The zero-order chi connectivity index (χ0) is 24.1. The first-order chi connectivity index (χ1) is 16.4. The van der Waals surface area contributed by atoms with Crippen LogP contribution in [0.15, 0.2) is 67.0 Å². The smallest absolute Gasteiger partial charge is 0.243 e. The molecule has 1 aliphatic rings. The van der Waals surface area contributed by atoms with Gasteiger partial charge in [0.1, 0.15) is 12.2 Å². The lowest BCUT2D eigenvalue weighted by atomic mass is 9.95. The van der Waals surface area contributed by atoms with Gasteiger partial charge in [-0.3, -0.25) is 14.3 Å². The Kier molecular flexibility index (Phi) is 7.35. The van der Waals surface area contributed by atoms with Gasteiger partial charge in [0.25, 0.3) is 0 Å². The highest BCUT2D eigenvalue weighted by Gasteiger charge is 2.40. The first kappa shape index (κ1) is 23.6. The van der Waals surface area contributed by atoms with Gasteiger partial charge in [0.15, 0.2) is 0 Å². The standard InChI is InChI=1S/C26H30FN5O2/c1-18(2)19-8-10-21(11-9-19)25(20-6-4-3-5-7-20)29-26(34)23-16-22(27)17-32(23)24(33)12-14-31-15-13-28-30-31/h3-11,13,15,18,22-23,25H,12,14,16-17H2,1-2H3,(H,29,34)/t22-,23+,25+/m1/s1. The van der Waals surface area contributed by atoms with Crippen molar-refractivity contribution in [3.8, 4) is 0 Å². The maximum atomic E-state index is 14.4. The zero-order valence-electron chi connectivity index (χ0n) is 19.5. The molecule has 0 saturated carbocycles. The Morgan fingerprint density at radius 3 is 2.38 bits per heavy atom. The van der Waals surface area contributed by atoms with Gasteiger partial charge >= 0.3 is 0 Å². The molecule has 2 heterocycles. The van der Waals surface area contributed by atoms with Crippen molar-refractivity contribution in [3.63, 3.8) is 0 Å². The fraction of sp³-hybridized carbons (Fsp3) is 0.385. The van der Waals surface area contributed by atoms with E-state index in [2.05, 4.69) is 41.6 Å². The minimum atomic E-state index is -1.23. The lowest BCUT2D eigenvalue weighted by Gasteiger charge is -2.27.